The van der Waals surface area contributed by atoms with Gasteiger partial charge in [0.05, 0.1) is 5.41 Å². The third-order valence-electron chi connectivity index (χ3n) is 3.43. The summed E-state index contributed by atoms with van der Waals surface area (Å²) in [5, 5.41) is 9.06. The van der Waals surface area contributed by atoms with E-state index >= 15 is 0 Å². The van der Waals surface area contributed by atoms with Crippen LogP contribution in [0.15, 0.2) is 0 Å². The van der Waals surface area contributed by atoms with E-state index in [0.717, 1.165) is 0 Å². The van der Waals surface area contributed by atoms with E-state index in [-0.39, 0.29) is 13.3 Å². The summed E-state index contributed by atoms with van der Waals surface area (Å²) in [5.74, 6) is -5.73. The SMILES string of the molecule is CCC(C)(C)C(=O)OC(C)C(F)(F)C(C)(O)C(F)(F)F. The predicted molar refractivity (Wildman–Crippen MR) is 61.3 cm³/mol. The maximum Gasteiger partial charge on any atom is 0.423 e. The van der Waals surface area contributed by atoms with E-state index in [1.807, 2.05) is 0 Å². The minimum atomic E-state index is -5.56. The van der Waals surface area contributed by atoms with Crippen molar-refractivity contribution in [2.75, 3.05) is 0 Å². The number of hydrogen-bond acceptors (Lipinski definition) is 3. The highest BCUT2D eigenvalue weighted by Gasteiger charge is 2.68. The van der Waals surface area contributed by atoms with E-state index in [1.54, 1.807) is 6.92 Å². The molecule has 1 N–H and O–H groups in total. The Bertz CT molecular complexity index is 361. The normalized spacial score (nSPS) is 18.4. The number of alkyl halides is 5. The van der Waals surface area contributed by atoms with Gasteiger partial charge in [0, 0.05) is 0 Å². The number of carbonyl (C=O) groups excluding carboxylic acids is 1. The minimum absolute atomic E-state index is 0.0533. The summed E-state index contributed by atoms with van der Waals surface area (Å²) >= 11 is 0. The lowest BCUT2D eigenvalue weighted by molar-refractivity contribution is -0.341. The van der Waals surface area contributed by atoms with Gasteiger partial charge in [-0.05, 0) is 34.1 Å². The summed E-state index contributed by atoms with van der Waals surface area (Å²) < 4.78 is 69.2. The van der Waals surface area contributed by atoms with Crippen LogP contribution in [0.5, 0.6) is 0 Å². The van der Waals surface area contributed by atoms with Crippen molar-refractivity contribution >= 4 is 5.97 Å². The van der Waals surface area contributed by atoms with Crippen molar-refractivity contribution in [1.82, 2.24) is 0 Å². The number of esters is 1. The maximum absolute atomic E-state index is 13.7. The average molecular weight is 306 g/mol. The van der Waals surface area contributed by atoms with Gasteiger partial charge in [0.25, 0.3) is 0 Å². The largest absolute Gasteiger partial charge is 0.456 e. The van der Waals surface area contributed by atoms with Crippen molar-refractivity contribution in [2.24, 2.45) is 5.41 Å². The molecule has 120 valence electrons. The summed E-state index contributed by atoms with van der Waals surface area (Å²) in [4.78, 5) is 11.6. The van der Waals surface area contributed by atoms with E-state index < -0.39 is 35.2 Å². The van der Waals surface area contributed by atoms with Gasteiger partial charge in [0.2, 0.25) is 5.60 Å². The van der Waals surface area contributed by atoms with Gasteiger partial charge >= 0.3 is 18.1 Å². The first-order valence-electron chi connectivity index (χ1n) is 5.99. The number of hydrogen-bond donors (Lipinski definition) is 1. The molecule has 20 heavy (non-hydrogen) atoms. The molecule has 0 aliphatic rings. The first-order chi connectivity index (χ1) is 8.61. The fourth-order valence-corrected chi connectivity index (χ4v) is 1.12. The molecule has 8 heteroatoms. The van der Waals surface area contributed by atoms with Crippen molar-refractivity contribution in [3.05, 3.63) is 0 Å². The smallest absolute Gasteiger partial charge is 0.423 e. The lowest BCUT2D eigenvalue weighted by Crippen LogP contribution is -2.61. The Morgan fingerprint density at radius 3 is 1.85 bits per heavy atom. The molecule has 0 saturated heterocycles. The summed E-state index contributed by atoms with van der Waals surface area (Å²) in [6.07, 6.45) is -7.71. The molecule has 0 bridgehead atoms. The molecule has 0 aliphatic heterocycles. The fraction of sp³-hybridized carbons (Fsp3) is 0.917. The van der Waals surface area contributed by atoms with Gasteiger partial charge in [-0.2, -0.15) is 22.0 Å². The van der Waals surface area contributed by atoms with Crippen LogP contribution >= 0.6 is 0 Å². The molecule has 2 atom stereocenters. The second-order valence-electron chi connectivity index (χ2n) is 5.48. The van der Waals surface area contributed by atoms with Crippen molar-refractivity contribution in [3.63, 3.8) is 0 Å². The summed E-state index contributed by atoms with van der Waals surface area (Å²) in [5.41, 5.74) is -5.40. The number of rotatable bonds is 5. The first-order valence-corrected chi connectivity index (χ1v) is 5.99. The van der Waals surface area contributed by atoms with Crippen LogP contribution in [-0.2, 0) is 9.53 Å². The highest BCUT2D eigenvalue weighted by Crippen LogP contribution is 2.44. The molecule has 0 rings (SSSR count). The van der Waals surface area contributed by atoms with E-state index in [0.29, 0.717) is 6.92 Å². The molecule has 0 saturated carbocycles. The van der Waals surface area contributed by atoms with Gasteiger partial charge in [0.15, 0.2) is 6.10 Å². The van der Waals surface area contributed by atoms with E-state index in [4.69, 9.17) is 5.11 Å². The quantitative estimate of drug-likeness (QED) is 0.626. The zero-order valence-corrected chi connectivity index (χ0v) is 11.9. The van der Waals surface area contributed by atoms with Crippen LogP contribution < -0.4 is 0 Å². The Labute approximate surface area is 114 Å². The topological polar surface area (TPSA) is 46.5 Å². The molecule has 3 nitrogen and oxygen atoms in total. The maximum atomic E-state index is 13.7. The Hall–Kier alpha value is -0.920. The molecule has 0 fully saturated rings. The second-order valence-corrected chi connectivity index (χ2v) is 5.48. The van der Waals surface area contributed by atoms with Crippen LogP contribution in [0.1, 0.15) is 41.0 Å². The highest BCUT2D eigenvalue weighted by atomic mass is 19.4. The van der Waals surface area contributed by atoms with E-state index in [2.05, 4.69) is 4.74 Å². The number of aliphatic hydroxyl groups is 1. The molecule has 0 spiro atoms. The molecule has 2 unspecified atom stereocenters. The zero-order chi connectivity index (χ0) is 16.6. The van der Waals surface area contributed by atoms with Crippen molar-refractivity contribution < 1.29 is 36.6 Å². The van der Waals surface area contributed by atoms with Crippen molar-refractivity contribution in [2.45, 2.75) is 64.8 Å². The van der Waals surface area contributed by atoms with Gasteiger partial charge in [-0.3, -0.25) is 4.79 Å². The summed E-state index contributed by atoms with van der Waals surface area (Å²) in [6, 6.07) is 0. The number of halogens is 5. The van der Waals surface area contributed by atoms with Gasteiger partial charge in [-0.25, -0.2) is 0 Å². The zero-order valence-electron chi connectivity index (χ0n) is 11.9. The minimum Gasteiger partial charge on any atom is -0.456 e. The van der Waals surface area contributed by atoms with Gasteiger partial charge in [0.1, 0.15) is 0 Å². The predicted octanol–water partition coefficient (Wildman–Crippen LogP) is 3.30. The molecule has 0 aliphatic carbocycles. The fourth-order valence-electron chi connectivity index (χ4n) is 1.12. The monoisotopic (exact) mass is 306 g/mol. The van der Waals surface area contributed by atoms with Crippen LogP contribution in [0, 0.1) is 5.41 Å². The first kappa shape index (κ1) is 19.1. The molecule has 0 radical (unpaired) electrons. The lowest BCUT2D eigenvalue weighted by atomic mass is 9.89. The Balaban J connectivity index is 5.21. The second kappa shape index (κ2) is 5.46. The van der Waals surface area contributed by atoms with Crippen LogP contribution in [-0.4, -0.2) is 34.9 Å². The Morgan fingerprint density at radius 1 is 1.15 bits per heavy atom. The molecule has 0 aromatic carbocycles. The molecule has 0 heterocycles. The van der Waals surface area contributed by atoms with Gasteiger partial charge in [-0.15, -0.1) is 0 Å². The number of ether oxygens (including phenoxy) is 1. The molecule has 0 aromatic heterocycles. The molecular weight excluding hydrogens is 287 g/mol. The molecular formula is C12H19F5O3. The van der Waals surface area contributed by atoms with E-state index in [1.165, 1.54) is 13.8 Å². The average Bonchev–Trinajstić information content (AvgIpc) is 2.26. The summed E-state index contributed by atoms with van der Waals surface area (Å²) in [7, 11) is 0. The van der Waals surface area contributed by atoms with E-state index in [9.17, 15) is 26.7 Å². The third kappa shape index (κ3) is 3.39. The lowest BCUT2D eigenvalue weighted by Gasteiger charge is -2.37. The van der Waals surface area contributed by atoms with Crippen LogP contribution in [0.25, 0.3) is 0 Å². The standard InChI is InChI=1S/C12H19F5O3/c1-6-9(3,4)8(18)20-7(2)11(13,14)10(5,19)12(15,16)17/h7,19H,6H2,1-5H3. The van der Waals surface area contributed by atoms with Crippen LogP contribution in [0.4, 0.5) is 22.0 Å². The van der Waals surface area contributed by atoms with Crippen molar-refractivity contribution in [1.29, 1.82) is 0 Å². The van der Waals surface area contributed by atoms with Crippen LogP contribution in [0.3, 0.4) is 0 Å². The highest BCUT2D eigenvalue weighted by molar-refractivity contribution is 5.76. The van der Waals surface area contributed by atoms with Crippen molar-refractivity contribution in [3.8, 4) is 0 Å². The molecule has 0 amide bonds. The number of carbonyl (C=O) groups is 1. The molecule has 0 aromatic rings. The summed E-state index contributed by atoms with van der Waals surface area (Å²) in [6.45, 7) is 5.01. The van der Waals surface area contributed by atoms with Crippen LogP contribution in [0.2, 0.25) is 0 Å². The van der Waals surface area contributed by atoms with Gasteiger partial charge in [-0.1, -0.05) is 6.92 Å². The third-order valence-corrected chi connectivity index (χ3v) is 3.43. The Kier molecular flexibility index (Phi) is 5.21. The van der Waals surface area contributed by atoms with Gasteiger partial charge < -0.3 is 9.84 Å². The Morgan fingerprint density at radius 2 is 1.55 bits per heavy atom.